The van der Waals surface area contributed by atoms with E-state index in [9.17, 15) is 0 Å². The van der Waals surface area contributed by atoms with Crippen LogP contribution in [0.2, 0.25) is 0 Å². The molecular weight excluding hydrogens is 226 g/mol. The van der Waals surface area contributed by atoms with Crippen molar-refractivity contribution in [3.63, 3.8) is 0 Å². The van der Waals surface area contributed by atoms with Gasteiger partial charge in [-0.25, -0.2) is 0 Å². The van der Waals surface area contributed by atoms with E-state index in [0.717, 1.165) is 11.7 Å². The van der Waals surface area contributed by atoms with Crippen LogP contribution in [0, 0.1) is 5.92 Å². The fraction of sp³-hybridized carbons (Fsp3) is 0.600. The highest BCUT2D eigenvalue weighted by molar-refractivity contribution is 7.98. The zero-order valence-electron chi connectivity index (χ0n) is 10.7. The molecule has 1 saturated carbocycles. The Labute approximate surface area is 109 Å². The molecule has 1 unspecified atom stereocenters. The van der Waals surface area contributed by atoms with Crippen LogP contribution >= 0.6 is 11.8 Å². The fourth-order valence-electron chi connectivity index (χ4n) is 2.69. The lowest BCUT2D eigenvalue weighted by atomic mass is 10.0. The third-order valence-corrected chi connectivity index (χ3v) is 4.88. The number of benzene rings is 1. The number of nitrogens with one attached hydrogen (secondary N) is 1. The molecule has 1 atom stereocenters. The lowest BCUT2D eigenvalue weighted by Crippen LogP contribution is -2.34. The molecule has 2 heteroatoms. The summed E-state index contributed by atoms with van der Waals surface area (Å²) in [7, 11) is 2.12. The van der Waals surface area contributed by atoms with Gasteiger partial charge in [-0.1, -0.05) is 43.2 Å². The van der Waals surface area contributed by atoms with E-state index in [1.54, 1.807) is 0 Å². The molecule has 1 aromatic rings. The molecule has 0 amide bonds. The molecule has 0 heterocycles. The average molecular weight is 249 g/mol. The van der Waals surface area contributed by atoms with Crippen molar-refractivity contribution in [3.8, 4) is 0 Å². The van der Waals surface area contributed by atoms with Crippen LogP contribution in [-0.2, 0) is 5.75 Å². The highest BCUT2D eigenvalue weighted by Gasteiger charge is 2.23. The van der Waals surface area contributed by atoms with Crippen molar-refractivity contribution < 1.29 is 0 Å². The van der Waals surface area contributed by atoms with E-state index in [1.807, 2.05) is 0 Å². The lowest BCUT2D eigenvalue weighted by Gasteiger charge is -2.22. The first kappa shape index (κ1) is 13.0. The minimum Gasteiger partial charge on any atom is -0.316 e. The second kappa shape index (κ2) is 7.07. The summed E-state index contributed by atoms with van der Waals surface area (Å²) in [6.07, 6.45) is 5.73. The Bertz CT molecular complexity index is 306. The van der Waals surface area contributed by atoms with Crippen LogP contribution in [-0.4, -0.2) is 18.8 Å². The Morgan fingerprint density at radius 3 is 2.59 bits per heavy atom. The minimum atomic E-state index is 0.714. The third-order valence-electron chi connectivity index (χ3n) is 3.75. The highest BCUT2D eigenvalue weighted by Crippen LogP contribution is 2.29. The smallest absolute Gasteiger partial charge is 0.0185 e. The van der Waals surface area contributed by atoms with Crippen LogP contribution < -0.4 is 5.32 Å². The Morgan fingerprint density at radius 2 is 1.94 bits per heavy atom. The first-order valence-corrected chi connectivity index (χ1v) is 7.84. The molecule has 0 aromatic heterocycles. The summed E-state index contributed by atoms with van der Waals surface area (Å²) in [5, 5.41) is 3.51. The van der Waals surface area contributed by atoms with E-state index in [2.05, 4.69) is 54.5 Å². The van der Waals surface area contributed by atoms with Crippen molar-refractivity contribution in [1.29, 1.82) is 0 Å². The number of rotatable bonds is 6. The minimum absolute atomic E-state index is 0.714. The normalized spacial score (nSPS) is 18.4. The molecule has 1 nitrogen and oxygen atoms in total. The van der Waals surface area contributed by atoms with Gasteiger partial charge in [0.05, 0.1) is 0 Å². The van der Waals surface area contributed by atoms with Gasteiger partial charge in [-0.2, -0.15) is 11.8 Å². The standard InChI is InChI=1S/C15H23NS/c1-16-15(14-9-5-6-10-14)12-17-11-13-7-3-2-4-8-13/h2-4,7-8,14-16H,5-6,9-12H2,1H3. The van der Waals surface area contributed by atoms with Gasteiger partial charge < -0.3 is 5.32 Å². The van der Waals surface area contributed by atoms with Gasteiger partial charge in [0.1, 0.15) is 0 Å². The van der Waals surface area contributed by atoms with Crippen LogP contribution in [0.3, 0.4) is 0 Å². The van der Waals surface area contributed by atoms with E-state index in [-0.39, 0.29) is 0 Å². The molecule has 94 valence electrons. The summed E-state index contributed by atoms with van der Waals surface area (Å²) in [5.74, 6) is 3.31. The summed E-state index contributed by atoms with van der Waals surface area (Å²) in [6.45, 7) is 0. The monoisotopic (exact) mass is 249 g/mol. The van der Waals surface area contributed by atoms with Gasteiger partial charge in [0.15, 0.2) is 0 Å². The fourth-order valence-corrected chi connectivity index (χ4v) is 3.93. The second-order valence-corrected chi connectivity index (χ2v) is 5.97. The van der Waals surface area contributed by atoms with Gasteiger partial charge in [-0.15, -0.1) is 0 Å². The quantitative estimate of drug-likeness (QED) is 0.825. The molecule has 17 heavy (non-hydrogen) atoms. The van der Waals surface area contributed by atoms with Crippen molar-refractivity contribution in [2.24, 2.45) is 5.92 Å². The molecular formula is C15H23NS. The van der Waals surface area contributed by atoms with Gasteiger partial charge in [-0.05, 0) is 31.4 Å². The second-order valence-electron chi connectivity index (χ2n) is 4.94. The molecule has 2 rings (SSSR count). The Kier molecular flexibility index (Phi) is 5.40. The molecule has 1 aliphatic rings. The number of thioether (sulfide) groups is 1. The first-order valence-electron chi connectivity index (χ1n) is 6.69. The number of hydrogen-bond acceptors (Lipinski definition) is 2. The van der Waals surface area contributed by atoms with Crippen molar-refractivity contribution in [2.45, 2.75) is 37.5 Å². The molecule has 1 fully saturated rings. The summed E-state index contributed by atoms with van der Waals surface area (Å²) < 4.78 is 0. The molecule has 1 aromatic carbocycles. The number of hydrogen-bond donors (Lipinski definition) is 1. The van der Waals surface area contributed by atoms with Crippen LogP contribution in [0.25, 0.3) is 0 Å². The van der Waals surface area contributed by atoms with Gasteiger partial charge in [0, 0.05) is 17.5 Å². The maximum Gasteiger partial charge on any atom is 0.0185 e. The lowest BCUT2D eigenvalue weighted by molar-refractivity contribution is 0.410. The van der Waals surface area contributed by atoms with E-state index in [1.165, 1.54) is 37.0 Å². The molecule has 0 saturated heterocycles. The summed E-state index contributed by atoms with van der Waals surface area (Å²) >= 11 is 2.06. The van der Waals surface area contributed by atoms with Gasteiger partial charge in [0.2, 0.25) is 0 Å². The van der Waals surface area contributed by atoms with Crippen molar-refractivity contribution in [2.75, 3.05) is 12.8 Å². The molecule has 1 N–H and O–H groups in total. The van der Waals surface area contributed by atoms with Crippen LogP contribution in [0.4, 0.5) is 0 Å². The predicted octanol–water partition coefficient (Wildman–Crippen LogP) is 3.70. The summed E-state index contributed by atoms with van der Waals surface area (Å²) in [5.41, 5.74) is 1.44. The van der Waals surface area contributed by atoms with E-state index < -0.39 is 0 Å². The molecule has 0 radical (unpaired) electrons. The van der Waals surface area contributed by atoms with Crippen LogP contribution in [0.1, 0.15) is 31.2 Å². The summed E-state index contributed by atoms with van der Waals surface area (Å²) in [4.78, 5) is 0. The largest absolute Gasteiger partial charge is 0.316 e. The van der Waals surface area contributed by atoms with Crippen molar-refractivity contribution in [3.05, 3.63) is 35.9 Å². The van der Waals surface area contributed by atoms with E-state index >= 15 is 0 Å². The maximum absolute atomic E-state index is 3.51. The van der Waals surface area contributed by atoms with E-state index in [4.69, 9.17) is 0 Å². The van der Waals surface area contributed by atoms with Crippen molar-refractivity contribution in [1.82, 2.24) is 5.32 Å². The highest BCUT2D eigenvalue weighted by atomic mass is 32.2. The summed E-state index contributed by atoms with van der Waals surface area (Å²) in [6, 6.07) is 11.5. The van der Waals surface area contributed by atoms with Crippen molar-refractivity contribution >= 4 is 11.8 Å². The predicted molar refractivity (Wildman–Crippen MR) is 77.4 cm³/mol. The SMILES string of the molecule is CNC(CSCc1ccccc1)C1CCCC1. The van der Waals surface area contributed by atoms with Crippen LogP contribution in [0.5, 0.6) is 0 Å². The molecule has 1 aliphatic carbocycles. The topological polar surface area (TPSA) is 12.0 Å². The molecule has 0 bridgehead atoms. The molecule has 0 spiro atoms. The third kappa shape index (κ3) is 4.04. The first-order chi connectivity index (χ1) is 8.40. The van der Waals surface area contributed by atoms with Gasteiger partial charge in [-0.3, -0.25) is 0 Å². The molecule has 0 aliphatic heterocycles. The Hall–Kier alpha value is -0.470. The Morgan fingerprint density at radius 1 is 1.24 bits per heavy atom. The Balaban J connectivity index is 1.72. The maximum atomic E-state index is 3.51. The van der Waals surface area contributed by atoms with Gasteiger partial charge in [0.25, 0.3) is 0 Å². The zero-order chi connectivity index (χ0) is 11.9. The average Bonchev–Trinajstić information content (AvgIpc) is 2.90. The van der Waals surface area contributed by atoms with Crippen LogP contribution in [0.15, 0.2) is 30.3 Å². The van der Waals surface area contributed by atoms with E-state index in [0.29, 0.717) is 6.04 Å². The zero-order valence-corrected chi connectivity index (χ0v) is 11.5. The van der Waals surface area contributed by atoms with Gasteiger partial charge >= 0.3 is 0 Å².